The number of thiophene rings is 1. The molecule has 0 aliphatic heterocycles. The first-order valence-corrected chi connectivity index (χ1v) is 11.3. The molecule has 0 amide bonds. The molecule has 0 bridgehead atoms. The van der Waals surface area contributed by atoms with Crippen molar-refractivity contribution >= 4 is 50.9 Å². The Hall–Kier alpha value is -1.32. The Labute approximate surface area is 158 Å². The highest BCUT2D eigenvalue weighted by Gasteiger charge is 2.23. The van der Waals surface area contributed by atoms with Gasteiger partial charge in [-0.05, 0) is 37.0 Å². The zero-order valence-corrected chi connectivity index (χ0v) is 16.6. The topological polar surface area (TPSA) is 90.7 Å². The van der Waals surface area contributed by atoms with E-state index in [9.17, 15) is 0 Å². The molecule has 25 heavy (non-hydrogen) atoms. The Balaban J connectivity index is 1.56. The van der Waals surface area contributed by atoms with E-state index in [4.69, 9.17) is 15.1 Å². The van der Waals surface area contributed by atoms with Gasteiger partial charge in [0.25, 0.3) is 5.22 Å². The number of hydrogen-bond acceptors (Lipinski definition) is 9. The number of rotatable bonds is 5. The van der Waals surface area contributed by atoms with Crippen LogP contribution in [0.15, 0.2) is 9.64 Å². The van der Waals surface area contributed by atoms with Crippen molar-refractivity contribution in [2.24, 2.45) is 5.92 Å². The first kappa shape index (κ1) is 17.1. The maximum absolute atomic E-state index is 6.26. The van der Waals surface area contributed by atoms with Gasteiger partial charge in [-0.25, -0.2) is 9.97 Å². The molecule has 132 valence electrons. The Bertz CT molecular complexity index is 907. The van der Waals surface area contributed by atoms with Crippen molar-refractivity contribution in [2.45, 2.75) is 42.9 Å². The predicted octanol–water partition coefficient (Wildman–Crippen LogP) is 3.94. The van der Waals surface area contributed by atoms with Crippen molar-refractivity contribution in [1.82, 2.24) is 20.2 Å². The number of anilines is 1. The summed E-state index contributed by atoms with van der Waals surface area (Å²) in [6.07, 6.45) is 5.42. The molecule has 0 saturated carbocycles. The molecule has 0 saturated heterocycles. The fourth-order valence-electron chi connectivity index (χ4n) is 3.09. The first-order chi connectivity index (χ1) is 12.1. The molecular formula is C16H19N5OS3. The fraction of sp³-hybridized carbons (Fsp3) is 0.500. The van der Waals surface area contributed by atoms with Gasteiger partial charge in [-0.2, -0.15) is 11.8 Å². The van der Waals surface area contributed by atoms with Gasteiger partial charge in [0.05, 0.1) is 16.9 Å². The second kappa shape index (κ2) is 7.13. The van der Waals surface area contributed by atoms with Gasteiger partial charge in [0.1, 0.15) is 16.5 Å². The second-order valence-corrected chi connectivity index (χ2v) is 9.12. The van der Waals surface area contributed by atoms with Crippen LogP contribution in [0.5, 0.6) is 0 Å². The molecule has 1 unspecified atom stereocenters. The van der Waals surface area contributed by atoms with Crippen LogP contribution in [0.2, 0.25) is 0 Å². The SMILES string of the molecule is CSCc1nnc(SCc2nc(N)c3c4c(sc3n2)CC(C)CC4)o1. The number of hydrogen-bond donors (Lipinski definition) is 1. The molecule has 2 N–H and O–H groups in total. The average molecular weight is 394 g/mol. The minimum Gasteiger partial charge on any atom is -0.415 e. The van der Waals surface area contributed by atoms with Gasteiger partial charge < -0.3 is 10.2 Å². The van der Waals surface area contributed by atoms with Gasteiger partial charge in [-0.3, -0.25) is 0 Å². The van der Waals surface area contributed by atoms with Gasteiger partial charge >= 0.3 is 0 Å². The third kappa shape index (κ3) is 3.50. The standard InChI is InChI=1S/C16H19N5OS3/c1-8-3-4-9-10(5-8)25-15-13(9)14(17)18-11(19-15)6-24-16-21-20-12(22-16)7-23-2/h8H,3-7H2,1-2H3,(H2,17,18,19). The predicted molar refractivity (Wildman–Crippen MR) is 104 cm³/mol. The number of fused-ring (bicyclic) bond motifs is 3. The molecule has 0 aromatic carbocycles. The fourth-order valence-corrected chi connectivity index (χ4v) is 5.49. The smallest absolute Gasteiger partial charge is 0.277 e. The summed E-state index contributed by atoms with van der Waals surface area (Å²) in [6.45, 7) is 2.31. The summed E-state index contributed by atoms with van der Waals surface area (Å²) in [5.74, 6) is 3.98. The van der Waals surface area contributed by atoms with Crippen LogP contribution in [0, 0.1) is 5.92 Å². The molecular weight excluding hydrogens is 374 g/mol. The largest absolute Gasteiger partial charge is 0.415 e. The van der Waals surface area contributed by atoms with Gasteiger partial charge in [-0.15, -0.1) is 21.5 Å². The molecule has 4 rings (SSSR count). The third-order valence-corrected chi connectivity index (χ3v) is 6.77. The van der Waals surface area contributed by atoms with Crippen molar-refractivity contribution in [3.8, 4) is 0 Å². The highest BCUT2D eigenvalue weighted by Crippen LogP contribution is 2.39. The summed E-state index contributed by atoms with van der Waals surface area (Å²) in [5, 5.41) is 9.68. The van der Waals surface area contributed by atoms with Crippen molar-refractivity contribution in [2.75, 3.05) is 12.0 Å². The van der Waals surface area contributed by atoms with Gasteiger partial charge in [0, 0.05) is 4.88 Å². The Kier molecular flexibility index (Phi) is 4.88. The number of aryl methyl sites for hydroxylation is 1. The van der Waals surface area contributed by atoms with Gasteiger partial charge in [0.2, 0.25) is 5.89 Å². The lowest BCUT2D eigenvalue weighted by Crippen LogP contribution is -2.09. The van der Waals surface area contributed by atoms with Crippen LogP contribution >= 0.6 is 34.9 Å². The minimum atomic E-state index is 0.547. The van der Waals surface area contributed by atoms with Crippen molar-refractivity contribution < 1.29 is 4.42 Å². The molecule has 1 atom stereocenters. The van der Waals surface area contributed by atoms with E-state index in [-0.39, 0.29) is 0 Å². The Morgan fingerprint density at radius 2 is 2.16 bits per heavy atom. The molecule has 6 nitrogen and oxygen atoms in total. The zero-order valence-electron chi connectivity index (χ0n) is 14.1. The molecule has 1 aliphatic carbocycles. The summed E-state index contributed by atoms with van der Waals surface area (Å²) in [6, 6.07) is 0. The molecule has 9 heteroatoms. The van der Waals surface area contributed by atoms with Crippen molar-refractivity contribution in [3.05, 3.63) is 22.2 Å². The van der Waals surface area contributed by atoms with Gasteiger partial charge in [0.15, 0.2) is 0 Å². The minimum absolute atomic E-state index is 0.547. The van der Waals surface area contributed by atoms with E-state index in [0.29, 0.717) is 28.5 Å². The van der Waals surface area contributed by atoms with E-state index in [2.05, 4.69) is 22.1 Å². The van der Waals surface area contributed by atoms with Crippen LogP contribution in [0.1, 0.15) is 35.5 Å². The molecule has 3 heterocycles. The lowest BCUT2D eigenvalue weighted by Gasteiger charge is -2.17. The lowest BCUT2D eigenvalue weighted by atomic mass is 9.89. The maximum Gasteiger partial charge on any atom is 0.277 e. The number of nitrogens with two attached hydrogens (primary N) is 1. The summed E-state index contributed by atoms with van der Waals surface area (Å²) in [4.78, 5) is 11.7. The third-order valence-electron chi connectivity index (χ3n) is 4.27. The summed E-state index contributed by atoms with van der Waals surface area (Å²) in [7, 11) is 0. The van der Waals surface area contributed by atoms with Crippen LogP contribution in [0.4, 0.5) is 5.82 Å². The normalized spacial score (nSPS) is 17.1. The zero-order chi connectivity index (χ0) is 17.4. The van der Waals surface area contributed by atoms with E-state index < -0.39 is 0 Å². The van der Waals surface area contributed by atoms with E-state index in [1.54, 1.807) is 23.1 Å². The molecule has 1 aliphatic rings. The Morgan fingerprint density at radius 1 is 1.28 bits per heavy atom. The number of nitrogens with zero attached hydrogens (tertiary/aromatic N) is 4. The highest BCUT2D eigenvalue weighted by atomic mass is 32.2. The van der Waals surface area contributed by atoms with Crippen molar-refractivity contribution in [3.63, 3.8) is 0 Å². The first-order valence-electron chi connectivity index (χ1n) is 8.14. The highest BCUT2D eigenvalue weighted by molar-refractivity contribution is 7.98. The molecule has 3 aromatic rings. The average Bonchev–Trinajstić information content (AvgIpc) is 3.16. The van der Waals surface area contributed by atoms with Crippen LogP contribution in [0.25, 0.3) is 10.2 Å². The molecule has 0 spiro atoms. The van der Waals surface area contributed by atoms with Gasteiger partial charge in [-0.1, -0.05) is 18.7 Å². The number of nitrogen functional groups attached to an aromatic ring is 1. The van der Waals surface area contributed by atoms with E-state index in [0.717, 1.165) is 34.7 Å². The number of thioether (sulfide) groups is 2. The summed E-state index contributed by atoms with van der Waals surface area (Å²) in [5.41, 5.74) is 7.63. The molecule has 3 aromatic heterocycles. The maximum atomic E-state index is 6.26. The van der Waals surface area contributed by atoms with Crippen LogP contribution < -0.4 is 5.73 Å². The molecule has 0 radical (unpaired) electrons. The lowest BCUT2D eigenvalue weighted by molar-refractivity contribution is 0.426. The van der Waals surface area contributed by atoms with E-state index >= 15 is 0 Å². The Morgan fingerprint density at radius 3 is 3.00 bits per heavy atom. The van der Waals surface area contributed by atoms with Crippen LogP contribution in [-0.2, 0) is 24.3 Å². The van der Waals surface area contributed by atoms with Crippen LogP contribution in [0.3, 0.4) is 0 Å². The quantitative estimate of drug-likeness (QED) is 0.652. The van der Waals surface area contributed by atoms with E-state index in [1.165, 1.54) is 28.6 Å². The monoisotopic (exact) mass is 393 g/mol. The summed E-state index contributed by atoms with van der Waals surface area (Å²) < 4.78 is 5.58. The van der Waals surface area contributed by atoms with Crippen LogP contribution in [-0.4, -0.2) is 26.4 Å². The summed E-state index contributed by atoms with van der Waals surface area (Å²) >= 11 is 4.87. The van der Waals surface area contributed by atoms with E-state index in [1.807, 2.05) is 6.26 Å². The molecule has 0 fully saturated rings. The van der Waals surface area contributed by atoms with Crippen molar-refractivity contribution in [1.29, 1.82) is 0 Å². The second-order valence-electron chi connectivity index (χ2n) is 6.24. The number of aromatic nitrogens is 4.